The summed E-state index contributed by atoms with van der Waals surface area (Å²) >= 11 is 1.82. The molecule has 1 aliphatic heterocycles. The lowest BCUT2D eigenvalue weighted by Crippen LogP contribution is -2.43. The van der Waals surface area contributed by atoms with Crippen LogP contribution in [0.1, 0.15) is 31.2 Å². The second-order valence-electron chi connectivity index (χ2n) is 6.76. The molecule has 1 N–H and O–H groups in total. The number of likely N-dealkylation sites (tertiary alicyclic amines) is 1. The highest BCUT2D eigenvalue weighted by molar-refractivity contribution is 14.0. The van der Waals surface area contributed by atoms with Gasteiger partial charge in [0.15, 0.2) is 5.96 Å². The SMILES string of the molecule is CN=C(NCC(c1cccs1)N(C)C)N1CCC(C)(C)C1.I. The number of rotatable bonds is 4. The molecule has 0 radical (unpaired) electrons. The fourth-order valence-electron chi connectivity index (χ4n) is 2.83. The van der Waals surface area contributed by atoms with Crippen molar-refractivity contribution in [3.63, 3.8) is 0 Å². The summed E-state index contributed by atoms with van der Waals surface area (Å²) in [5.41, 5.74) is 0.395. The molecule has 0 spiro atoms. The maximum absolute atomic E-state index is 4.46. The number of likely N-dealkylation sites (N-methyl/N-ethyl adjacent to an activating group) is 1. The van der Waals surface area contributed by atoms with Crippen molar-refractivity contribution in [1.82, 2.24) is 15.1 Å². The summed E-state index contributed by atoms with van der Waals surface area (Å²) in [7, 11) is 6.14. The van der Waals surface area contributed by atoms with Gasteiger partial charge in [-0.25, -0.2) is 0 Å². The first-order valence-electron chi connectivity index (χ1n) is 7.58. The summed E-state index contributed by atoms with van der Waals surface area (Å²) in [6.07, 6.45) is 1.23. The third kappa shape index (κ3) is 5.09. The van der Waals surface area contributed by atoms with E-state index in [1.54, 1.807) is 0 Å². The van der Waals surface area contributed by atoms with Crippen molar-refractivity contribution in [1.29, 1.82) is 0 Å². The molecule has 1 fully saturated rings. The molecule has 2 rings (SSSR count). The summed E-state index contributed by atoms with van der Waals surface area (Å²) in [5, 5.41) is 5.70. The number of guanidine groups is 1. The summed E-state index contributed by atoms with van der Waals surface area (Å²) in [6, 6.07) is 4.71. The monoisotopic (exact) mass is 436 g/mol. The zero-order chi connectivity index (χ0) is 15.5. The molecule has 2 heterocycles. The average molecular weight is 436 g/mol. The topological polar surface area (TPSA) is 30.9 Å². The molecule has 0 bridgehead atoms. The van der Waals surface area contributed by atoms with Crippen LogP contribution < -0.4 is 5.32 Å². The minimum Gasteiger partial charge on any atom is -0.354 e. The number of halogens is 1. The Morgan fingerprint density at radius 3 is 2.68 bits per heavy atom. The zero-order valence-electron chi connectivity index (χ0n) is 14.3. The van der Waals surface area contributed by atoms with Crippen LogP contribution in [0.25, 0.3) is 0 Å². The molecule has 0 amide bonds. The Morgan fingerprint density at radius 1 is 1.50 bits per heavy atom. The highest BCUT2D eigenvalue weighted by Crippen LogP contribution is 2.29. The van der Waals surface area contributed by atoms with E-state index in [1.807, 2.05) is 18.4 Å². The highest BCUT2D eigenvalue weighted by Gasteiger charge is 2.31. The molecule has 1 unspecified atom stereocenters. The predicted octanol–water partition coefficient (Wildman–Crippen LogP) is 3.28. The van der Waals surface area contributed by atoms with Gasteiger partial charge in [0.1, 0.15) is 0 Å². The van der Waals surface area contributed by atoms with E-state index >= 15 is 0 Å². The first kappa shape index (κ1) is 19.7. The maximum Gasteiger partial charge on any atom is 0.193 e. The molecule has 4 nitrogen and oxygen atoms in total. The van der Waals surface area contributed by atoms with Gasteiger partial charge < -0.3 is 15.1 Å². The molecule has 0 aliphatic carbocycles. The van der Waals surface area contributed by atoms with Crippen molar-refractivity contribution in [2.45, 2.75) is 26.3 Å². The second-order valence-corrected chi connectivity index (χ2v) is 7.74. The lowest BCUT2D eigenvalue weighted by atomic mass is 9.93. The molecule has 22 heavy (non-hydrogen) atoms. The lowest BCUT2D eigenvalue weighted by molar-refractivity contribution is 0.298. The Balaban J connectivity index is 0.00000242. The molecule has 1 atom stereocenters. The van der Waals surface area contributed by atoms with E-state index in [4.69, 9.17) is 0 Å². The molecule has 1 saturated heterocycles. The molecule has 0 saturated carbocycles. The normalized spacial score (nSPS) is 19.2. The average Bonchev–Trinajstić information content (AvgIpc) is 3.04. The Morgan fingerprint density at radius 2 is 2.23 bits per heavy atom. The number of hydrogen-bond acceptors (Lipinski definition) is 3. The molecular weight excluding hydrogens is 407 g/mol. The minimum absolute atomic E-state index is 0. The van der Waals surface area contributed by atoms with Crippen molar-refractivity contribution < 1.29 is 0 Å². The van der Waals surface area contributed by atoms with Gasteiger partial charge in [0, 0.05) is 31.6 Å². The Kier molecular flexibility index (Phi) is 7.61. The Bertz CT molecular complexity index is 471. The predicted molar refractivity (Wildman–Crippen MR) is 107 cm³/mol. The van der Waals surface area contributed by atoms with E-state index in [-0.39, 0.29) is 24.0 Å². The van der Waals surface area contributed by atoms with Crippen molar-refractivity contribution >= 4 is 41.3 Å². The molecule has 1 aromatic heterocycles. The standard InChI is InChI=1S/C16H28N4S.HI/c1-16(2)8-9-20(12-16)15(17-3)18-11-13(19(4)5)14-7-6-10-21-14;/h6-7,10,13H,8-9,11-12H2,1-5H3,(H,17,18);1H. The van der Waals surface area contributed by atoms with Crippen LogP contribution in [0.4, 0.5) is 0 Å². The van der Waals surface area contributed by atoms with Gasteiger partial charge in [-0.1, -0.05) is 19.9 Å². The molecule has 0 aromatic carbocycles. The molecule has 126 valence electrons. The molecule has 1 aromatic rings. The molecule has 6 heteroatoms. The first-order valence-corrected chi connectivity index (χ1v) is 8.46. The molecular formula is C16H29IN4S. The van der Waals surface area contributed by atoms with Gasteiger partial charge in [0.25, 0.3) is 0 Å². The fourth-order valence-corrected chi connectivity index (χ4v) is 3.75. The van der Waals surface area contributed by atoms with E-state index in [1.165, 1.54) is 11.3 Å². The van der Waals surface area contributed by atoms with E-state index in [0.29, 0.717) is 11.5 Å². The number of nitrogens with one attached hydrogen (secondary N) is 1. The van der Waals surface area contributed by atoms with Crippen molar-refractivity contribution in [2.75, 3.05) is 40.8 Å². The third-order valence-corrected chi connectivity index (χ3v) is 5.11. The number of hydrogen-bond donors (Lipinski definition) is 1. The van der Waals surface area contributed by atoms with E-state index < -0.39 is 0 Å². The first-order chi connectivity index (χ1) is 9.93. The van der Waals surface area contributed by atoms with Gasteiger partial charge in [0.05, 0.1) is 6.04 Å². The van der Waals surface area contributed by atoms with Gasteiger partial charge >= 0.3 is 0 Å². The summed E-state index contributed by atoms with van der Waals surface area (Å²) in [6.45, 7) is 7.72. The second kappa shape index (κ2) is 8.49. The largest absolute Gasteiger partial charge is 0.354 e. The smallest absolute Gasteiger partial charge is 0.193 e. The number of thiophene rings is 1. The van der Waals surface area contributed by atoms with Crippen LogP contribution >= 0.6 is 35.3 Å². The van der Waals surface area contributed by atoms with Gasteiger partial charge in [-0.3, -0.25) is 4.99 Å². The van der Waals surface area contributed by atoms with Gasteiger partial charge in [-0.2, -0.15) is 0 Å². The quantitative estimate of drug-likeness (QED) is 0.447. The van der Waals surface area contributed by atoms with Gasteiger partial charge in [-0.15, -0.1) is 35.3 Å². The summed E-state index contributed by atoms with van der Waals surface area (Å²) in [4.78, 5) is 10.5. The zero-order valence-corrected chi connectivity index (χ0v) is 17.4. The van der Waals surface area contributed by atoms with Crippen LogP contribution in [-0.2, 0) is 0 Å². The van der Waals surface area contributed by atoms with Crippen LogP contribution in [0, 0.1) is 5.41 Å². The van der Waals surface area contributed by atoms with Crippen molar-refractivity contribution in [3.8, 4) is 0 Å². The van der Waals surface area contributed by atoms with Crippen LogP contribution in [0.3, 0.4) is 0 Å². The lowest BCUT2D eigenvalue weighted by Gasteiger charge is -2.28. The van der Waals surface area contributed by atoms with Crippen molar-refractivity contribution in [2.24, 2.45) is 10.4 Å². The van der Waals surface area contributed by atoms with Gasteiger partial charge in [0.2, 0.25) is 0 Å². The van der Waals surface area contributed by atoms with Crippen LogP contribution in [0.5, 0.6) is 0 Å². The number of aliphatic imine (C=N–C) groups is 1. The fraction of sp³-hybridized carbons (Fsp3) is 0.688. The third-order valence-electron chi connectivity index (χ3n) is 4.14. The maximum atomic E-state index is 4.46. The van der Waals surface area contributed by atoms with E-state index in [2.05, 4.69) is 65.6 Å². The van der Waals surface area contributed by atoms with Gasteiger partial charge in [-0.05, 0) is 37.4 Å². The summed E-state index contributed by atoms with van der Waals surface area (Å²) < 4.78 is 0. The van der Waals surface area contributed by atoms with Crippen LogP contribution in [0.2, 0.25) is 0 Å². The highest BCUT2D eigenvalue weighted by atomic mass is 127. The van der Waals surface area contributed by atoms with E-state index in [0.717, 1.165) is 25.6 Å². The van der Waals surface area contributed by atoms with Crippen LogP contribution in [-0.4, -0.2) is 56.5 Å². The van der Waals surface area contributed by atoms with Crippen LogP contribution in [0.15, 0.2) is 22.5 Å². The Hall–Kier alpha value is -0.340. The van der Waals surface area contributed by atoms with Crippen molar-refractivity contribution in [3.05, 3.63) is 22.4 Å². The summed E-state index contributed by atoms with van der Waals surface area (Å²) in [5.74, 6) is 1.03. The molecule has 1 aliphatic rings. The van der Waals surface area contributed by atoms with E-state index in [9.17, 15) is 0 Å². The number of nitrogens with zero attached hydrogens (tertiary/aromatic N) is 3. The Labute approximate surface area is 156 Å². The minimum atomic E-state index is 0.